The number of nitrogens with zero attached hydrogens (tertiary/aromatic N) is 4. The van der Waals surface area contributed by atoms with Gasteiger partial charge in [-0.25, -0.2) is 23.7 Å². The number of carbonyl (C=O) groups excluding carboxylic acids is 2. The Morgan fingerprint density at radius 2 is 1.66 bits per heavy atom. The third-order valence-electron chi connectivity index (χ3n) is 6.12. The second kappa shape index (κ2) is 12.8. The lowest BCUT2D eigenvalue weighted by molar-refractivity contribution is -0.131. The fourth-order valence-corrected chi connectivity index (χ4v) is 4.00. The molecular weight excluding hydrogens is 593 g/mol. The fourth-order valence-electron chi connectivity index (χ4n) is 4.00. The van der Waals surface area contributed by atoms with Crippen LogP contribution in [0.2, 0.25) is 0 Å². The Bertz CT molecular complexity index is 1740. The molecule has 0 aliphatic carbocycles. The molecule has 0 saturated carbocycles. The summed E-state index contributed by atoms with van der Waals surface area (Å²) in [6.45, 7) is 4.41. The second-order valence-corrected chi connectivity index (χ2v) is 9.08. The van der Waals surface area contributed by atoms with Crippen LogP contribution in [0, 0.1) is 18.6 Å². The SMILES string of the molecule is C=CC(=O)Nc1cncc(C)c1Nc1ncc2nc(C(=O)c3c(F)c(OC)cc(OC)c3F)c(NCCC(F)(F)F)cc2n1. The van der Waals surface area contributed by atoms with Crippen molar-refractivity contribution in [3.63, 3.8) is 0 Å². The van der Waals surface area contributed by atoms with Gasteiger partial charge in [0.2, 0.25) is 17.6 Å². The molecule has 44 heavy (non-hydrogen) atoms. The molecule has 0 fully saturated rings. The van der Waals surface area contributed by atoms with E-state index in [4.69, 9.17) is 9.47 Å². The van der Waals surface area contributed by atoms with Crippen LogP contribution in [0.15, 0.2) is 43.4 Å². The van der Waals surface area contributed by atoms with Gasteiger partial charge in [-0.1, -0.05) is 6.58 Å². The number of amides is 1. The maximum absolute atomic E-state index is 15.2. The van der Waals surface area contributed by atoms with E-state index in [2.05, 4.69) is 42.5 Å². The zero-order chi connectivity index (χ0) is 32.2. The Hall–Kier alpha value is -5.41. The van der Waals surface area contributed by atoms with Crippen LogP contribution in [-0.2, 0) is 4.79 Å². The summed E-state index contributed by atoms with van der Waals surface area (Å²) in [7, 11) is 2.18. The van der Waals surface area contributed by atoms with Crippen molar-refractivity contribution in [3.8, 4) is 11.5 Å². The molecule has 1 amide bonds. The highest BCUT2D eigenvalue weighted by Gasteiger charge is 2.30. The van der Waals surface area contributed by atoms with Gasteiger partial charge in [-0.2, -0.15) is 13.2 Å². The standard InChI is InChI=1S/C28H24F5N7O4/c1-5-20(41)37-17-11-34-10-13(2)24(17)40-27-36-12-16-14(39-27)8-15(35-7-6-28(31,32)33)25(38-16)26(42)21-22(29)18(43-3)9-19(44-4)23(21)30/h5,8-12,35H,1,6-7H2,2-4H3,(H,37,41)(H,34,36,39,40). The van der Waals surface area contributed by atoms with E-state index in [0.717, 1.165) is 26.4 Å². The van der Waals surface area contributed by atoms with E-state index in [1.54, 1.807) is 6.92 Å². The van der Waals surface area contributed by atoms with Crippen LogP contribution in [0.3, 0.4) is 0 Å². The van der Waals surface area contributed by atoms with Crippen molar-refractivity contribution >= 4 is 45.7 Å². The predicted molar refractivity (Wildman–Crippen MR) is 150 cm³/mol. The first-order valence-electron chi connectivity index (χ1n) is 12.6. The molecule has 1 aromatic carbocycles. The summed E-state index contributed by atoms with van der Waals surface area (Å²) in [5.41, 5.74) is -0.674. The minimum absolute atomic E-state index is 0.0161. The van der Waals surface area contributed by atoms with Crippen molar-refractivity contribution in [2.24, 2.45) is 0 Å². The normalized spacial score (nSPS) is 11.2. The number of anilines is 4. The van der Waals surface area contributed by atoms with Crippen LogP contribution in [0.25, 0.3) is 11.0 Å². The number of benzene rings is 1. The average molecular weight is 618 g/mol. The van der Waals surface area contributed by atoms with Gasteiger partial charge in [-0.15, -0.1) is 0 Å². The van der Waals surface area contributed by atoms with E-state index in [0.29, 0.717) is 11.3 Å². The van der Waals surface area contributed by atoms with Crippen molar-refractivity contribution in [1.82, 2.24) is 19.9 Å². The molecule has 230 valence electrons. The first-order chi connectivity index (χ1) is 20.9. The van der Waals surface area contributed by atoms with Gasteiger partial charge in [0.1, 0.15) is 16.8 Å². The number of rotatable bonds is 11. The Morgan fingerprint density at radius 3 is 2.27 bits per heavy atom. The number of halogens is 5. The number of ketones is 1. The summed E-state index contributed by atoms with van der Waals surface area (Å²) in [6.07, 6.45) is -0.674. The molecule has 3 heterocycles. The van der Waals surface area contributed by atoms with E-state index < -0.39 is 65.2 Å². The minimum atomic E-state index is -4.54. The van der Waals surface area contributed by atoms with Crippen LogP contribution in [0.4, 0.5) is 45.0 Å². The van der Waals surface area contributed by atoms with Crippen LogP contribution >= 0.6 is 0 Å². The van der Waals surface area contributed by atoms with Crippen LogP contribution in [0.1, 0.15) is 28.0 Å². The fraction of sp³-hybridized carbons (Fsp3) is 0.214. The van der Waals surface area contributed by atoms with Crippen LogP contribution in [0.5, 0.6) is 11.5 Å². The largest absolute Gasteiger partial charge is 0.494 e. The summed E-state index contributed by atoms with van der Waals surface area (Å²) in [5, 5.41) is 8.01. The topological polar surface area (TPSA) is 140 Å². The zero-order valence-corrected chi connectivity index (χ0v) is 23.4. The minimum Gasteiger partial charge on any atom is -0.494 e. The molecule has 0 saturated heterocycles. The zero-order valence-electron chi connectivity index (χ0n) is 23.4. The first-order valence-corrected chi connectivity index (χ1v) is 12.6. The second-order valence-electron chi connectivity index (χ2n) is 9.08. The lowest BCUT2D eigenvalue weighted by atomic mass is 10.0. The molecule has 11 nitrogen and oxygen atoms in total. The van der Waals surface area contributed by atoms with Crippen molar-refractivity contribution in [1.29, 1.82) is 0 Å². The Kier molecular flexibility index (Phi) is 9.20. The number of alkyl halides is 3. The van der Waals surface area contributed by atoms with Gasteiger partial charge in [-0.05, 0) is 24.6 Å². The lowest BCUT2D eigenvalue weighted by Crippen LogP contribution is -2.18. The van der Waals surface area contributed by atoms with E-state index >= 15 is 8.78 Å². The molecule has 0 aliphatic heterocycles. The highest BCUT2D eigenvalue weighted by Crippen LogP contribution is 2.34. The Labute approximate surface area is 246 Å². The number of pyridine rings is 2. The first kappa shape index (κ1) is 31.5. The maximum atomic E-state index is 15.2. The summed E-state index contributed by atoms with van der Waals surface area (Å²) < 4.78 is 78.9. The number of methoxy groups -OCH3 is 2. The number of aromatic nitrogens is 4. The average Bonchev–Trinajstić information content (AvgIpc) is 2.98. The van der Waals surface area contributed by atoms with Gasteiger partial charge in [-0.3, -0.25) is 14.6 Å². The van der Waals surface area contributed by atoms with E-state index in [-0.39, 0.29) is 28.4 Å². The molecular formula is C28H24F5N7O4. The molecule has 4 aromatic rings. The quantitative estimate of drug-likeness (QED) is 0.113. The molecule has 16 heteroatoms. The summed E-state index contributed by atoms with van der Waals surface area (Å²) in [6, 6.07) is 2.10. The van der Waals surface area contributed by atoms with Gasteiger partial charge >= 0.3 is 6.18 Å². The third-order valence-corrected chi connectivity index (χ3v) is 6.12. The molecule has 0 spiro atoms. The highest BCUT2D eigenvalue weighted by atomic mass is 19.4. The molecule has 0 aliphatic rings. The van der Waals surface area contributed by atoms with Crippen molar-refractivity contribution < 1.29 is 41.0 Å². The highest BCUT2D eigenvalue weighted by molar-refractivity contribution is 6.13. The molecule has 3 aromatic heterocycles. The molecule has 0 atom stereocenters. The smallest absolute Gasteiger partial charge is 0.390 e. The maximum Gasteiger partial charge on any atom is 0.390 e. The summed E-state index contributed by atoms with van der Waals surface area (Å²) in [4.78, 5) is 42.1. The number of ether oxygens (including phenoxy) is 2. The van der Waals surface area contributed by atoms with Crippen molar-refractivity contribution in [2.75, 3.05) is 36.7 Å². The Balaban J connectivity index is 1.81. The summed E-state index contributed by atoms with van der Waals surface area (Å²) in [5.74, 6) is -5.55. The van der Waals surface area contributed by atoms with E-state index in [1.807, 2.05) is 0 Å². The molecule has 3 N–H and O–H groups in total. The Morgan fingerprint density at radius 1 is 0.977 bits per heavy atom. The molecule has 4 rings (SSSR count). The lowest BCUT2D eigenvalue weighted by Gasteiger charge is -2.16. The third kappa shape index (κ3) is 6.79. The van der Waals surface area contributed by atoms with E-state index in [1.165, 1.54) is 24.7 Å². The van der Waals surface area contributed by atoms with Gasteiger partial charge in [0.25, 0.3) is 0 Å². The van der Waals surface area contributed by atoms with Crippen LogP contribution < -0.4 is 25.4 Å². The van der Waals surface area contributed by atoms with Gasteiger partial charge in [0, 0.05) is 18.8 Å². The number of nitrogens with one attached hydrogen (secondary N) is 3. The monoisotopic (exact) mass is 617 g/mol. The van der Waals surface area contributed by atoms with Crippen LogP contribution in [-0.4, -0.2) is 58.6 Å². The number of hydrogen-bond acceptors (Lipinski definition) is 10. The van der Waals surface area contributed by atoms with Gasteiger partial charge < -0.3 is 25.4 Å². The number of hydrogen-bond donors (Lipinski definition) is 3. The summed E-state index contributed by atoms with van der Waals surface area (Å²) >= 11 is 0. The number of fused-ring (bicyclic) bond motifs is 1. The van der Waals surface area contributed by atoms with Gasteiger partial charge in [0.15, 0.2) is 23.1 Å². The molecule has 0 radical (unpaired) electrons. The van der Waals surface area contributed by atoms with Crippen molar-refractivity contribution in [2.45, 2.75) is 19.5 Å². The molecule has 0 unspecified atom stereocenters. The number of aryl methyl sites for hydroxylation is 1. The van der Waals surface area contributed by atoms with Gasteiger partial charge in [0.05, 0.1) is 55.6 Å². The number of carbonyl (C=O) groups is 2. The predicted octanol–water partition coefficient (Wildman–Crippen LogP) is 5.49. The molecule has 0 bridgehead atoms. The van der Waals surface area contributed by atoms with Crippen molar-refractivity contribution in [3.05, 3.63) is 71.8 Å². The van der Waals surface area contributed by atoms with E-state index in [9.17, 15) is 22.8 Å².